The first-order valence-electron chi connectivity index (χ1n) is 7.09. The molecule has 2 aromatic rings. The maximum absolute atomic E-state index is 10.4. The van der Waals surface area contributed by atoms with Crippen LogP contribution < -0.4 is 4.74 Å². The van der Waals surface area contributed by atoms with Crippen molar-refractivity contribution in [3.63, 3.8) is 0 Å². The Kier molecular flexibility index (Phi) is 8.13. The van der Waals surface area contributed by atoms with E-state index in [0.717, 1.165) is 11.3 Å². The molecule has 3 nitrogen and oxygen atoms in total. The summed E-state index contributed by atoms with van der Waals surface area (Å²) >= 11 is 0. The van der Waals surface area contributed by atoms with Gasteiger partial charge in [-0.2, -0.15) is 0 Å². The fourth-order valence-corrected chi connectivity index (χ4v) is 1.67. The van der Waals surface area contributed by atoms with Gasteiger partial charge in [-0.25, -0.2) is 0 Å². The third kappa shape index (κ3) is 7.29. The van der Waals surface area contributed by atoms with Crippen LogP contribution in [0.15, 0.2) is 60.7 Å². The van der Waals surface area contributed by atoms with Crippen LogP contribution in [0, 0.1) is 0 Å². The standard InChI is InChI=1S/C10H12O.C9H10O2/c1-3-4-9-5-7-10(11-2)8-6-9;1-8(10)11-7-9-5-3-2-4-6-9/h3-8H,1-2H3;2-6H,7H2,1H3/b4-3+;. The maximum atomic E-state index is 10.4. The van der Waals surface area contributed by atoms with Crippen molar-refractivity contribution < 1.29 is 14.3 Å². The van der Waals surface area contributed by atoms with Crippen LogP contribution in [0.4, 0.5) is 0 Å². The fraction of sp³-hybridized carbons (Fsp3) is 0.211. The summed E-state index contributed by atoms with van der Waals surface area (Å²) in [6.07, 6.45) is 4.07. The van der Waals surface area contributed by atoms with Gasteiger partial charge < -0.3 is 9.47 Å². The first-order valence-corrected chi connectivity index (χ1v) is 7.09. The lowest BCUT2D eigenvalue weighted by Crippen LogP contribution is -1.97. The Morgan fingerprint density at radius 2 is 1.68 bits per heavy atom. The van der Waals surface area contributed by atoms with Gasteiger partial charge in [0, 0.05) is 6.92 Å². The predicted molar refractivity (Wildman–Crippen MR) is 89.6 cm³/mol. The molecule has 0 aromatic heterocycles. The van der Waals surface area contributed by atoms with Crippen LogP contribution >= 0.6 is 0 Å². The number of ether oxygens (including phenoxy) is 2. The lowest BCUT2D eigenvalue weighted by Gasteiger charge is -1.99. The van der Waals surface area contributed by atoms with Gasteiger partial charge in [-0.15, -0.1) is 0 Å². The van der Waals surface area contributed by atoms with Crippen LogP contribution in [0.2, 0.25) is 0 Å². The lowest BCUT2D eigenvalue weighted by molar-refractivity contribution is -0.142. The zero-order valence-electron chi connectivity index (χ0n) is 13.3. The minimum atomic E-state index is -0.242. The van der Waals surface area contributed by atoms with E-state index < -0.39 is 0 Å². The Hall–Kier alpha value is -2.55. The van der Waals surface area contributed by atoms with Crippen molar-refractivity contribution in [3.8, 4) is 5.75 Å². The van der Waals surface area contributed by atoms with E-state index in [-0.39, 0.29) is 5.97 Å². The Balaban J connectivity index is 0.000000220. The molecule has 0 heterocycles. The van der Waals surface area contributed by atoms with Crippen molar-refractivity contribution in [3.05, 3.63) is 71.8 Å². The second-order valence-corrected chi connectivity index (χ2v) is 4.54. The van der Waals surface area contributed by atoms with Gasteiger partial charge in [0.25, 0.3) is 0 Å². The number of carbonyl (C=O) groups is 1. The quantitative estimate of drug-likeness (QED) is 0.781. The molecule has 0 aliphatic heterocycles. The summed E-state index contributed by atoms with van der Waals surface area (Å²) in [4.78, 5) is 10.4. The number of hydrogen-bond donors (Lipinski definition) is 0. The molecule has 0 aliphatic carbocycles. The maximum Gasteiger partial charge on any atom is 0.302 e. The summed E-state index contributed by atoms with van der Waals surface area (Å²) in [5, 5.41) is 0. The molecule has 0 amide bonds. The number of hydrogen-bond acceptors (Lipinski definition) is 3. The van der Waals surface area contributed by atoms with Gasteiger partial charge in [0.1, 0.15) is 12.4 Å². The molecule has 0 saturated carbocycles. The summed E-state index contributed by atoms with van der Waals surface area (Å²) < 4.78 is 9.81. The van der Waals surface area contributed by atoms with Gasteiger partial charge in [-0.1, -0.05) is 54.6 Å². The van der Waals surface area contributed by atoms with E-state index >= 15 is 0 Å². The molecule has 22 heavy (non-hydrogen) atoms. The summed E-state index contributed by atoms with van der Waals surface area (Å²) in [5.41, 5.74) is 2.22. The third-order valence-electron chi connectivity index (χ3n) is 2.76. The summed E-state index contributed by atoms with van der Waals surface area (Å²) in [7, 11) is 1.67. The molecule has 0 saturated heterocycles. The molecule has 0 aliphatic rings. The Labute approximate surface area is 132 Å². The summed E-state index contributed by atoms with van der Waals surface area (Å²) in [6.45, 7) is 3.78. The van der Waals surface area contributed by atoms with Gasteiger partial charge in [0.2, 0.25) is 0 Å². The van der Waals surface area contributed by atoms with E-state index in [9.17, 15) is 4.79 Å². The number of esters is 1. The fourth-order valence-electron chi connectivity index (χ4n) is 1.67. The topological polar surface area (TPSA) is 35.5 Å². The Bertz CT molecular complexity index is 571. The van der Waals surface area contributed by atoms with E-state index in [0.29, 0.717) is 6.61 Å². The third-order valence-corrected chi connectivity index (χ3v) is 2.76. The van der Waals surface area contributed by atoms with Crippen LogP contribution in [0.5, 0.6) is 5.75 Å². The molecule has 0 spiro atoms. The van der Waals surface area contributed by atoms with Crippen LogP contribution in [-0.4, -0.2) is 13.1 Å². The van der Waals surface area contributed by atoms with Crippen molar-refractivity contribution >= 4 is 12.0 Å². The van der Waals surface area contributed by atoms with Crippen LogP contribution in [0.1, 0.15) is 25.0 Å². The normalized spacial score (nSPS) is 9.77. The highest BCUT2D eigenvalue weighted by Gasteiger charge is 1.93. The smallest absolute Gasteiger partial charge is 0.302 e. The van der Waals surface area contributed by atoms with Gasteiger partial charge in [0.05, 0.1) is 7.11 Å². The molecule has 3 heteroatoms. The highest BCUT2D eigenvalue weighted by molar-refractivity contribution is 5.65. The second kappa shape index (κ2) is 10.2. The number of allylic oxidation sites excluding steroid dienone is 1. The monoisotopic (exact) mass is 298 g/mol. The molecule has 0 fully saturated rings. The minimum Gasteiger partial charge on any atom is -0.497 e. The SMILES string of the molecule is C/C=C/c1ccc(OC)cc1.CC(=O)OCc1ccccc1. The molecular weight excluding hydrogens is 276 g/mol. The molecule has 116 valence electrons. The first-order chi connectivity index (χ1) is 10.7. The van der Waals surface area contributed by atoms with Crippen LogP contribution in [-0.2, 0) is 16.1 Å². The lowest BCUT2D eigenvalue weighted by atomic mass is 10.2. The van der Waals surface area contributed by atoms with Gasteiger partial charge >= 0.3 is 5.97 Å². The van der Waals surface area contributed by atoms with Crippen molar-refractivity contribution in [1.29, 1.82) is 0 Å². The number of carbonyl (C=O) groups excluding carboxylic acids is 1. The average Bonchev–Trinajstić information content (AvgIpc) is 2.55. The Morgan fingerprint density at radius 3 is 2.18 bits per heavy atom. The molecule has 0 unspecified atom stereocenters. The van der Waals surface area contributed by atoms with Crippen LogP contribution in [0.25, 0.3) is 6.08 Å². The van der Waals surface area contributed by atoms with E-state index in [4.69, 9.17) is 9.47 Å². The molecule has 0 atom stereocenters. The van der Waals surface area contributed by atoms with Crippen LogP contribution in [0.3, 0.4) is 0 Å². The highest BCUT2D eigenvalue weighted by Crippen LogP contribution is 2.11. The minimum absolute atomic E-state index is 0.242. The van der Waals surface area contributed by atoms with E-state index in [1.165, 1.54) is 12.5 Å². The zero-order chi connectivity index (χ0) is 16.2. The summed E-state index contributed by atoms with van der Waals surface area (Å²) in [5.74, 6) is 0.659. The van der Waals surface area contributed by atoms with Gasteiger partial charge in [0.15, 0.2) is 0 Å². The predicted octanol–water partition coefficient (Wildman–Crippen LogP) is 4.48. The van der Waals surface area contributed by atoms with Crippen molar-refractivity contribution in [2.75, 3.05) is 7.11 Å². The molecule has 0 radical (unpaired) electrons. The molecule has 0 N–H and O–H groups in total. The number of rotatable bonds is 4. The van der Waals surface area contributed by atoms with Crippen molar-refractivity contribution in [2.45, 2.75) is 20.5 Å². The molecule has 0 bridgehead atoms. The Morgan fingerprint density at radius 1 is 1.05 bits per heavy atom. The van der Waals surface area contributed by atoms with E-state index in [1.54, 1.807) is 7.11 Å². The average molecular weight is 298 g/mol. The van der Waals surface area contributed by atoms with E-state index in [2.05, 4.69) is 6.08 Å². The second-order valence-electron chi connectivity index (χ2n) is 4.54. The zero-order valence-corrected chi connectivity index (χ0v) is 13.3. The van der Waals surface area contributed by atoms with Gasteiger partial charge in [-0.3, -0.25) is 4.79 Å². The number of methoxy groups -OCH3 is 1. The highest BCUT2D eigenvalue weighted by atomic mass is 16.5. The van der Waals surface area contributed by atoms with Gasteiger partial charge in [-0.05, 0) is 30.2 Å². The molecule has 2 rings (SSSR count). The van der Waals surface area contributed by atoms with Crippen molar-refractivity contribution in [2.24, 2.45) is 0 Å². The molecule has 2 aromatic carbocycles. The van der Waals surface area contributed by atoms with E-state index in [1.807, 2.05) is 67.6 Å². The summed E-state index contributed by atoms with van der Waals surface area (Å²) in [6, 6.07) is 17.6. The largest absolute Gasteiger partial charge is 0.497 e. The molecular formula is C19H22O3. The number of benzene rings is 2. The first kappa shape index (κ1) is 17.5. The van der Waals surface area contributed by atoms with Crippen molar-refractivity contribution in [1.82, 2.24) is 0 Å².